The second-order valence-corrected chi connectivity index (χ2v) is 5.16. The van der Waals surface area contributed by atoms with Crippen LogP contribution in [-0.4, -0.2) is 49.2 Å². The molecule has 0 radical (unpaired) electrons. The van der Waals surface area contributed by atoms with Crippen LogP contribution in [0.3, 0.4) is 0 Å². The summed E-state index contributed by atoms with van der Waals surface area (Å²) in [5.74, 6) is 0.138. The molecule has 2 rings (SSSR count). The van der Waals surface area contributed by atoms with Crippen molar-refractivity contribution in [2.75, 3.05) is 26.7 Å². The van der Waals surface area contributed by atoms with Gasteiger partial charge < -0.3 is 15.0 Å². The number of hydrogen-bond donors (Lipinski definition) is 1. The van der Waals surface area contributed by atoms with Crippen LogP contribution in [0.4, 0.5) is 0 Å². The van der Waals surface area contributed by atoms with Crippen molar-refractivity contribution >= 4 is 5.91 Å². The molecule has 2 unspecified atom stereocenters. The highest BCUT2D eigenvalue weighted by molar-refractivity contribution is 5.84. The summed E-state index contributed by atoms with van der Waals surface area (Å²) >= 11 is 0. The van der Waals surface area contributed by atoms with E-state index in [0.717, 1.165) is 32.5 Å². The average molecular weight is 226 g/mol. The summed E-state index contributed by atoms with van der Waals surface area (Å²) in [4.78, 5) is 14.1. The lowest BCUT2D eigenvalue weighted by Crippen LogP contribution is -2.48. The molecule has 2 aliphatic rings. The maximum Gasteiger partial charge on any atom is 0.254 e. The van der Waals surface area contributed by atoms with Crippen LogP contribution in [0.25, 0.3) is 0 Å². The minimum absolute atomic E-state index is 0.138. The van der Waals surface area contributed by atoms with Gasteiger partial charge in [0.15, 0.2) is 0 Å². The predicted octanol–water partition coefficient (Wildman–Crippen LogP) is 0.766. The topological polar surface area (TPSA) is 41.6 Å². The number of nitrogens with one attached hydrogen (secondary N) is 1. The smallest absolute Gasteiger partial charge is 0.254 e. The van der Waals surface area contributed by atoms with Crippen molar-refractivity contribution in [3.05, 3.63) is 0 Å². The zero-order valence-corrected chi connectivity index (χ0v) is 10.3. The number of ether oxygens (including phenoxy) is 1. The standard InChI is InChI=1S/C12H22N2O2/c1-12(6-4-8-16-12)11(15)14(2)9-10-5-3-7-13-10/h10,13H,3-9H2,1-2H3. The van der Waals surface area contributed by atoms with Gasteiger partial charge >= 0.3 is 0 Å². The molecule has 4 nitrogen and oxygen atoms in total. The fourth-order valence-corrected chi connectivity index (χ4v) is 2.68. The van der Waals surface area contributed by atoms with E-state index in [0.29, 0.717) is 6.04 Å². The fourth-order valence-electron chi connectivity index (χ4n) is 2.68. The van der Waals surface area contributed by atoms with Crippen LogP contribution in [0.15, 0.2) is 0 Å². The van der Waals surface area contributed by atoms with Gasteiger partial charge in [-0.25, -0.2) is 0 Å². The molecule has 16 heavy (non-hydrogen) atoms. The van der Waals surface area contributed by atoms with Gasteiger partial charge in [-0.1, -0.05) is 0 Å². The average Bonchev–Trinajstić information content (AvgIpc) is 2.89. The predicted molar refractivity (Wildman–Crippen MR) is 62.3 cm³/mol. The molecule has 0 aromatic heterocycles. The molecule has 0 aromatic rings. The van der Waals surface area contributed by atoms with Gasteiger partial charge in [0.1, 0.15) is 5.60 Å². The van der Waals surface area contributed by atoms with Gasteiger partial charge in [-0.05, 0) is 39.2 Å². The maximum absolute atomic E-state index is 12.2. The van der Waals surface area contributed by atoms with Crippen LogP contribution in [0, 0.1) is 0 Å². The molecule has 0 bridgehead atoms. The van der Waals surface area contributed by atoms with Gasteiger partial charge in [0.25, 0.3) is 5.91 Å². The van der Waals surface area contributed by atoms with Gasteiger partial charge in [-0.3, -0.25) is 4.79 Å². The molecule has 2 saturated heterocycles. The van der Waals surface area contributed by atoms with Crippen molar-refractivity contribution < 1.29 is 9.53 Å². The summed E-state index contributed by atoms with van der Waals surface area (Å²) in [6, 6.07) is 0.471. The lowest BCUT2D eigenvalue weighted by molar-refractivity contribution is -0.149. The van der Waals surface area contributed by atoms with Crippen molar-refractivity contribution in [1.82, 2.24) is 10.2 Å². The third-order valence-electron chi connectivity index (χ3n) is 3.67. The first kappa shape index (κ1) is 11.9. The molecule has 0 spiro atoms. The molecular weight excluding hydrogens is 204 g/mol. The van der Waals surface area contributed by atoms with E-state index < -0.39 is 5.60 Å². The van der Waals surface area contributed by atoms with E-state index in [1.54, 1.807) is 0 Å². The second-order valence-electron chi connectivity index (χ2n) is 5.16. The zero-order chi connectivity index (χ0) is 11.6. The number of nitrogens with zero attached hydrogens (tertiary/aromatic N) is 1. The summed E-state index contributed by atoms with van der Waals surface area (Å²) in [6.45, 7) is 4.52. The van der Waals surface area contributed by atoms with E-state index in [-0.39, 0.29) is 5.91 Å². The van der Waals surface area contributed by atoms with E-state index in [9.17, 15) is 4.79 Å². The Morgan fingerprint density at radius 1 is 1.56 bits per heavy atom. The van der Waals surface area contributed by atoms with Crippen molar-refractivity contribution in [2.24, 2.45) is 0 Å². The molecule has 2 aliphatic heterocycles. The summed E-state index contributed by atoms with van der Waals surface area (Å²) in [5, 5.41) is 3.41. The van der Waals surface area contributed by atoms with Crippen molar-refractivity contribution in [1.29, 1.82) is 0 Å². The summed E-state index contributed by atoms with van der Waals surface area (Å²) < 4.78 is 5.58. The van der Waals surface area contributed by atoms with E-state index in [2.05, 4.69) is 5.32 Å². The Bertz CT molecular complexity index is 256. The highest BCUT2D eigenvalue weighted by Gasteiger charge is 2.40. The number of amides is 1. The third kappa shape index (κ3) is 2.38. The molecule has 0 aromatic carbocycles. The lowest BCUT2D eigenvalue weighted by atomic mass is 10.0. The highest BCUT2D eigenvalue weighted by Crippen LogP contribution is 2.27. The Morgan fingerprint density at radius 3 is 2.94 bits per heavy atom. The van der Waals surface area contributed by atoms with Gasteiger partial charge in [0.05, 0.1) is 0 Å². The molecular formula is C12H22N2O2. The quantitative estimate of drug-likeness (QED) is 0.772. The Morgan fingerprint density at radius 2 is 2.38 bits per heavy atom. The Labute approximate surface area is 97.3 Å². The van der Waals surface area contributed by atoms with Crippen molar-refractivity contribution in [2.45, 2.75) is 44.2 Å². The van der Waals surface area contributed by atoms with Gasteiger partial charge in [-0.15, -0.1) is 0 Å². The van der Waals surface area contributed by atoms with Crippen molar-refractivity contribution in [3.63, 3.8) is 0 Å². The molecule has 2 heterocycles. The summed E-state index contributed by atoms with van der Waals surface area (Å²) in [5.41, 5.74) is -0.562. The lowest BCUT2D eigenvalue weighted by Gasteiger charge is -2.30. The van der Waals surface area contributed by atoms with Gasteiger partial charge in [0, 0.05) is 26.2 Å². The first-order chi connectivity index (χ1) is 7.62. The van der Waals surface area contributed by atoms with E-state index in [4.69, 9.17) is 4.74 Å². The second kappa shape index (κ2) is 4.72. The Balaban J connectivity index is 1.88. The summed E-state index contributed by atoms with van der Waals surface area (Å²) in [7, 11) is 1.88. The van der Waals surface area contributed by atoms with Crippen LogP contribution >= 0.6 is 0 Å². The molecule has 0 aliphatic carbocycles. The minimum Gasteiger partial charge on any atom is -0.365 e. The number of hydrogen-bond acceptors (Lipinski definition) is 3. The van der Waals surface area contributed by atoms with Crippen LogP contribution in [0.5, 0.6) is 0 Å². The van der Waals surface area contributed by atoms with Crippen LogP contribution < -0.4 is 5.32 Å². The normalized spacial score (nSPS) is 34.2. The Hall–Kier alpha value is -0.610. The maximum atomic E-state index is 12.2. The SMILES string of the molecule is CN(CC1CCCN1)C(=O)C1(C)CCCO1. The molecule has 2 atom stereocenters. The highest BCUT2D eigenvalue weighted by atomic mass is 16.5. The number of carbonyl (C=O) groups excluding carboxylic acids is 1. The first-order valence-corrected chi connectivity index (χ1v) is 6.25. The molecule has 1 N–H and O–H groups in total. The number of rotatable bonds is 3. The van der Waals surface area contributed by atoms with Crippen LogP contribution in [0.1, 0.15) is 32.6 Å². The van der Waals surface area contributed by atoms with Gasteiger partial charge in [-0.2, -0.15) is 0 Å². The molecule has 0 saturated carbocycles. The molecule has 4 heteroatoms. The van der Waals surface area contributed by atoms with Crippen molar-refractivity contribution in [3.8, 4) is 0 Å². The molecule has 1 amide bonds. The largest absolute Gasteiger partial charge is 0.365 e. The monoisotopic (exact) mass is 226 g/mol. The van der Waals surface area contributed by atoms with E-state index >= 15 is 0 Å². The van der Waals surface area contributed by atoms with E-state index in [1.165, 1.54) is 12.8 Å². The van der Waals surface area contributed by atoms with Crippen LogP contribution in [-0.2, 0) is 9.53 Å². The minimum atomic E-state index is -0.562. The Kier molecular flexibility index (Phi) is 3.50. The molecule has 2 fully saturated rings. The first-order valence-electron chi connectivity index (χ1n) is 6.25. The zero-order valence-electron chi connectivity index (χ0n) is 10.3. The number of likely N-dealkylation sites (N-methyl/N-ethyl adjacent to an activating group) is 1. The van der Waals surface area contributed by atoms with E-state index in [1.807, 2.05) is 18.9 Å². The van der Waals surface area contributed by atoms with Crippen LogP contribution in [0.2, 0.25) is 0 Å². The molecule has 92 valence electrons. The van der Waals surface area contributed by atoms with Gasteiger partial charge in [0.2, 0.25) is 0 Å². The third-order valence-corrected chi connectivity index (χ3v) is 3.67. The number of carbonyl (C=O) groups is 1. The summed E-state index contributed by atoms with van der Waals surface area (Å²) in [6.07, 6.45) is 4.25. The fraction of sp³-hybridized carbons (Fsp3) is 0.917.